The van der Waals surface area contributed by atoms with Crippen LogP contribution < -0.4 is 0 Å². The van der Waals surface area contributed by atoms with Crippen LogP contribution in [0.15, 0.2) is 12.1 Å². The minimum atomic E-state index is 0.430. The third kappa shape index (κ3) is 1.75. The summed E-state index contributed by atoms with van der Waals surface area (Å²) in [5, 5.41) is 8.90. The van der Waals surface area contributed by atoms with E-state index in [0.717, 1.165) is 18.5 Å². The Morgan fingerprint density at radius 2 is 2.15 bits per heavy atom. The second-order valence-electron chi connectivity index (χ2n) is 3.30. The van der Waals surface area contributed by atoms with Crippen molar-refractivity contribution in [3.8, 4) is 6.07 Å². The Kier molecular flexibility index (Phi) is 3.13. The van der Waals surface area contributed by atoms with Gasteiger partial charge in [0.15, 0.2) is 0 Å². The third-order valence-corrected chi connectivity index (χ3v) is 2.51. The highest BCUT2D eigenvalue weighted by Gasteiger charge is 2.10. The van der Waals surface area contributed by atoms with Gasteiger partial charge in [0.05, 0.1) is 0 Å². The van der Waals surface area contributed by atoms with Gasteiger partial charge in [0.25, 0.3) is 0 Å². The molecule has 0 bridgehead atoms. The quantitative estimate of drug-likeness (QED) is 0.696. The van der Waals surface area contributed by atoms with E-state index in [1.807, 2.05) is 12.1 Å². The fraction of sp³-hybridized carbons (Fsp3) is 0.545. The maximum Gasteiger partial charge on any atom is 0.120 e. The molecular weight excluding hydrogens is 160 g/mol. The minimum absolute atomic E-state index is 0.430. The summed E-state index contributed by atoms with van der Waals surface area (Å²) < 4.78 is 2.14. The van der Waals surface area contributed by atoms with Crippen molar-refractivity contribution >= 4 is 0 Å². The maximum atomic E-state index is 8.90. The number of rotatable bonds is 3. The normalized spacial score (nSPS) is 12.5. The lowest BCUT2D eigenvalue weighted by atomic mass is 10.2. The zero-order chi connectivity index (χ0) is 9.84. The summed E-state index contributed by atoms with van der Waals surface area (Å²) in [5.41, 5.74) is 2.04. The molecule has 0 amide bonds. The monoisotopic (exact) mass is 176 g/mol. The lowest BCUT2D eigenvalue weighted by molar-refractivity contribution is 0.512. The van der Waals surface area contributed by atoms with Crippen molar-refractivity contribution in [1.29, 1.82) is 5.26 Å². The standard InChI is InChI=1S/C11H16N2/c1-4-9(3)13-10(5-2)6-7-11(13)8-12/h6-7,9H,4-5H2,1-3H3/t9-/m1/s1. The first-order valence-electron chi connectivity index (χ1n) is 4.84. The van der Waals surface area contributed by atoms with Gasteiger partial charge in [-0.25, -0.2) is 0 Å². The second-order valence-corrected chi connectivity index (χ2v) is 3.30. The van der Waals surface area contributed by atoms with E-state index >= 15 is 0 Å². The number of hydrogen-bond donors (Lipinski definition) is 0. The van der Waals surface area contributed by atoms with Crippen molar-refractivity contribution in [3.05, 3.63) is 23.5 Å². The fourth-order valence-corrected chi connectivity index (χ4v) is 1.57. The van der Waals surface area contributed by atoms with Gasteiger partial charge in [-0.05, 0) is 31.9 Å². The summed E-state index contributed by atoms with van der Waals surface area (Å²) in [6.45, 7) is 6.42. The molecule has 0 aliphatic carbocycles. The van der Waals surface area contributed by atoms with Crippen molar-refractivity contribution in [2.45, 2.75) is 39.7 Å². The number of nitrogens with zero attached hydrogens (tertiary/aromatic N) is 2. The highest BCUT2D eigenvalue weighted by molar-refractivity contribution is 5.27. The second kappa shape index (κ2) is 4.13. The smallest absolute Gasteiger partial charge is 0.120 e. The SMILES string of the molecule is CCc1ccc(C#N)n1[C@H](C)CC. The minimum Gasteiger partial charge on any atom is -0.334 e. The summed E-state index contributed by atoms with van der Waals surface area (Å²) in [6.07, 6.45) is 2.06. The van der Waals surface area contributed by atoms with Crippen LogP contribution in [0.2, 0.25) is 0 Å². The molecule has 1 heterocycles. The van der Waals surface area contributed by atoms with Gasteiger partial charge < -0.3 is 4.57 Å². The van der Waals surface area contributed by atoms with Crippen molar-refractivity contribution < 1.29 is 0 Å². The zero-order valence-electron chi connectivity index (χ0n) is 8.54. The Bertz CT molecular complexity index is 317. The molecule has 1 aromatic heterocycles. The first-order valence-corrected chi connectivity index (χ1v) is 4.84. The van der Waals surface area contributed by atoms with Crippen LogP contribution in [0.25, 0.3) is 0 Å². The average Bonchev–Trinajstić information content (AvgIpc) is 2.59. The van der Waals surface area contributed by atoms with Gasteiger partial charge >= 0.3 is 0 Å². The van der Waals surface area contributed by atoms with Gasteiger partial charge in [0.2, 0.25) is 0 Å². The number of aromatic nitrogens is 1. The molecule has 0 radical (unpaired) electrons. The molecule has 0 N–H and O–H groups in total. The average molecular weight is 176 g/mol. The predicted octanol–water partition coefficient (Wildman–Crippen LogP) is 2.89. The van der Waals surface area contributed by atoms with Crippen LogP contribution in [0.3, 0.4) is 0 Å². The van der Waals surface area contributed by atoms with Crippen LogP contribution in [0.5, 0.6) is 0 Å². The zero-order valence-corrected chi connectivity index (χ0v) is 8.54. The van der Waals surface area contributed by atoms with Crippen molar-refractivity contribution in [3.63, 3.8) is 0 Å². The van der Waals surface area contributed by atoms with E-state index in [1.54, 1.807) is 0 Å². The molecule has 1 aromatic rings. The van der Waals surface area contributed by atoms with E-state index < -0.39 is 0 Å². The fourth-order valence-electron chi connectivity index (χ4n) is 1.57. The molecule has 0 unspecified atom stereocenters. The molecule has 0 aliphatic heterocycles. The first kappa shape index (κ1) is 9.85. The Morgan fingerprint density at radius 3 is 2.62 bits per heavy atom. The third-order valence-electron chi connectivity index (χ3n) is 2.51. The summed E-state index contributed by atoms with van der Waals surface area (Å²) >= 11 is 0. The number of aryl methyl sites for hydroxylation is 1. The van der Waals surface area contributed by atoms with Gasteiger partial charge in [-0.15, -0.1) is 0 Å². The molecule has 0 saturated carbocycles. The van der Waals surface area contributed by atoms with Gasteiger partial charge in [0, 0.05) is 11.7 Å². The predicted molar refractivity (Wildman–Crippen MR) is 53.5 cm³/mol. The molecule has 2 nitrogen and oxygen atoms in total. The van der Waals surface area contributed by atoms with Crippen LogP contribution in [0.4, 0.5) is 0 Å². The lowest BCUT2D eigenvalue weighted by Gasteiger charge is -2.16. The van der Waals surface area contributed by atoms with E-state index in [9.17, 15) is 0 Å². The summed E-state index contributed by atoms with van der Waals surface area (Å²) in [6, 6.07) is 6.61. The van der Waals surface area contributed by atoms with E-state index in [2.05, 4.69) is 31.4 Å². The number of hydrogen-bond acceptors (Lipinski definition) is 1. The summed E-state index contributed by atoms with van der Waals surface area (Å²) in [5.74, 6) is 0. The van der Waals surface area contributed by atoms with Crippen LogP contribution in [0, 0.1) is 11.3 Å². The van der Waals surface area contributed by atoms with Gasteiger partial charge in [0.1, 0.15) is 11.8 Å². The maximum absolute atomic E-state index is 8.90. The lowest BCUT2D eigenvalue weighted by Crippen LogP contribution is -2.09. The number of nitriles is 1. The van der Waals surface area contributed by atoms with E-state index in [-0.39, 0.29) is 0 Å². The molecule has 13 heavy (non-hydrogen) atoms. The van der Waals surface area contributed by atoms with Crippen molar-refractivity contribution in [2.24, 2.45) is 0 Å². The largest absolute Gasteiger partial charge is 0.334 e. The Labute approximate surface area is 79.8 Å². The highest BCUT2D eigenvalue weighted by Crippen LogP contribution is 2.18. The first-order chi connectivity index (χ1) is 6.24. The van der Waals surface area contributed by atoms with Crippen LogP contribution in [-0.2, 0) is 6.42 Å². The Hall–Kier alpha value is -1.23. The molecule has 1 rings (SSSR count). The highest BCUT2D eigenvalue weighted by atomic mass is 15.0. The molecule has 1 atom stereocenters. The molecule has 70 valence electrons. The topological polar surface area (TPSA) is 28.7 Å². The molecular formula is C11H16N2. The van der Waals surface area contributed by atoms with Gasteiger partial charge in [-0.3, -0.25) is 0 Å². The van der Waals surface area contributed by atoms with Crippen LogP contribution >= 0.6 is 0 Å². The van der Waals surface area contributed by atoms with E-state index in [0.29, 0.717) is 6.04 Å². The van der Waals surface area contributed by atoms with Gasteiger partial charge in [-0.2, -0.15) is 5.26 Å². The van der Waals surface area contributed by atoms with E-state index in [1.165, 1.54) is 5.69 Å². The molecule has 0 aromatic carbocycles. The van der Waals surface area contributed by atoms with Gasteiger partial charge in [-0.1, -0.05) is 13.8 Å². The Balaban J connectivity index is 3.14. The molecule has 0 fully saturated rings. The molecule has 0 aliphatic rings. The molecule has 0 spiro atoms. The Morgan fingerprint density at radius 1 is 1.46 bits per heavy atom. The molecule has 0 saturated heterocycles. The van der Waals surface area contributed by atoms with Crippen molar-refractivity contribution in [2.75, 3.05) is 0 Å². The van der Waals surface area contributed by atoms with E-state index in [4.69, 9.17) is 5.26 Å². The molecule has 2 heteroatoms. The van der Waals surface area contributed by atoms with Crippen LogP contribution in [-0.4, -0.2) is 4.57 Å². The summed E-state index contributed by atoms with van der Waals surface area (Å²) in [4.78, 5) is 0. The van der Waals surface area contributed by atoms with Crippen LogP contribution in [0.1, 0.15) is 44.6 Å². The summed E-state index contributed by atoms with van der Waals surface area (Å²) in [7, 11) is 0. The van der Waals surface area contributed by atoms with Crippen molar-refractivity contribution in [1.82, 2.24) is 4.57 Å².